The Bertz CT molecular complexity index is 271. The summed E-state index contributed by atoms with van der Waals surface area (Å²) in [7, 11) is 3.34. The first-order chi connectivity index (χ1) is 5.26. The van der Waals surface area contributed by atoms with Crippen molar-refractivity contribution >= 4 is 18.0 Å². The second-order valence-corrected chi connectivity index (χ2v) is 2.28. The maximum absolute atomic E-state index is 4.90. The fourth-order valence-electron chi connectivity index (χ4n) is 0.674. The lowest BCUT2D eigenvalue weighted by Gasteiger charge is -2.01. The number of nitrogens with one attached hydrogen (secondary N) is 2. The number of methoxy groups -OCH3 is 1. The molecule has 60 valence electrons. The summed E-state index contributed by atoms with van der Waals surface area (Å²) in [5, 5.41) is 2.90. The average Bonchev–Trinajstić information content (AvgIpc) is 2.03. The van der Waals surface area contributed by atoms with Crippen LogP contribution in [0.4, 0.5) is 5.82 Å². The van der Waals surface area contributed by atoms with Crippen LogP contribution in [-0.2, 0) is 0 Å². The number of hydrogen-bond acceptors (Lipinski definition) is 4. The van der Waals surface area contributed by atoms with E-state index in [0.717, 1.165) is 5.82 Å². The molecule has 0 spiro atoms. The van der Waals surface area contributed by atoms with Gasteiger partial charge in [-0.1, -0.05) is 0 Å². The zero-order valence-corrected chi connectivity index (χ0v) is 7.16. The fraction of sp³-hybridized carbons (Fsp3) is 0.333. The van der Waals surface area contributed by atoms with E-state index >= 15 is 0 Å². The molecule has 1 aromatic rings. The standard InChI is InChI=1S/C6H9N3OS/c1-7-4-3-5(10-2)9-6(11)8-4/h3H,1-2H3,(H2,7,8,9,11). The number of rotatable bonds is 2. The molecule has 11 heavy (non-hydrogen) atoms. The van der Waals surface area contributed by atoms with Crippen molar-refractivity contribution < 1.29 is 4.74 Å². The van der Waals surface area contributed by atoms with Gasteiger partial charge in [-0.25, -0.2) is 0 Å². The van der Waals surface area contributed by atoms with Gasteiger partial charge in [0.2, 0.25) is 10.7 Å². The van der Waals surface area contributed by atoms with Crippen LogP contribution >= 0.6 is 12.2 Å². The molecule has 1 rings (SSSR count). The molecule has 0 radical (unpaired) electrons. The lowest BCUT2D eigenvalue weighted by molar-refractivity contribution is 0.396. The molecule has 0 aliphatic rings. The smallest absolute Gasteiger partial charge is 0.219 e. The molecule has 0 unspecified atom stereocenters. The molecule has 5 heteroatoms. The van der Waals surface area contributed by atoms with E-state index in [0.29, 0.717) is 10.7 Å². The summed E-state index contributed by atoms with van der Waals surface area (Å²) in [5.41, 5.74) is 0. The Morgan fingerprint density at radius 1 is 1.73 bits per heavy atom. The van der Waals surface area contributed by atoms with Crippen LogP contribution < -0.4 is 10.1 Å². The Hall–Kier alpha value is -1.10. The highest BCUT2D eigenvalue weighted by atomic mass is 32.1. The zero-order chi connectivity index (χ0) is 8.27. The molecule has 0 saturated heterocycles. The number of nitrogens with zero attached hydrogens (tertiary/aromatic N) is 1. The van der Waals surface area contributed by atoms with Crippen molar-refractivity contribution in [3.8, 4) is 5.88 Å². The van der Waals surface area contributed by atoms with Gasteiger partial charge in [-0.05, 0) is 12.2 Å². The Balaban J connectivity index is 3.12. The normalized spacial score (nSPS) is 9.27. The fourth-order valence-corrected chi connectivity index (χ4v) is 0.874. The highest BCUT2D eigenvalue weighted by Gasteiger charge is 1.94. The lowest BCUT2D eigenvalue weighted by atomic mass is 10.5. The van der Waals surface area contributed by atoms with Crippen molar-refractivity contribution in [3.05, 3.63) is 10.8 Å². The molecule has 4 nitrogen and oxygen atoms in total. The minimum Gasteiger partial charge on any atom is -0.481 e. The third kappa shape index (κ3) is 1.91. The molecule has 0 bridgehead atoms. The first-order valence-electron chi connectivity index (χ1n) is 3.09. The van der Waals surface area contributed by atoms with Crippen LogP contribution in [0.15, 0.2) is 6.07 Å². The maximum atomic E-state index is 4.90. The summed E-state index contributed by atoms with van der Waals surface area (Å²) in [6, 6.07) is 1.73. The monoisotopic (exact) mass is 171 g/mol. The molecule has 1 aromatic heterocycles. The first-order valence-corrected chi connectivity index (χ1v) is 3.50. The van der Waals surface area contributed by atoms with E-state index in [2.05, 4.69) is 15.3 Å². The highest BCUT2D eigenvalue weighted by molar-refractivity contribution is 7.71. The topological polar surface area (TPSA) is 49.9 Å². The van der Waals surface area contributed by atoms with Crippen molar-refractivity contribution in [2.24, 2.45) is 0 Å². The van der Waals surface area contributed by atoms with Gasteiger partial charge in [-0.2, -0.15) is 4.98 Å². The van der Waals surface area contributed by atoms with Gasteiger partial charge in [0.05, 0.1) is 7.11 Å². The third-order valence-corrected chi connectivity index (χ3v) is 1.39. The van der Waals surface area contributed by atoms with E-state index in [1.54, 1.807) is 20.2 Å². The molecule has 0 aliphatic heterocycles. The quantitative estimate of drug-likeness (QED) is 0.656. The van der Waals surface area contributed by atoms with Gasteiger partial charge >= 0.3 is 0 Å². The Kier molecular flexibility index (Phi) is 2.43. The van der Waals surface area contributed by atoms with Crippen LogP contribution in [0, 0.1) is 4.77 Å². The Morgan fingerprint density at radius 3 is 3.00 bits per heavy atom. The van der Waals surface area contributed by atoms with E-state index in [1.807, 2.05) is 0 Å². The van der Waals surface area contributed by atoms with Crippen LogP contribution in [-0.4, -0.2) is 24.1 Å². The van der Waals surface area contributed by atoms with Crippen LogP contribution in [0.1, 0.15) is 0 Å². The van der Waals surface area contributed by atoms with Gasteiger partial charge in [-0.15, -0.1) is 0 Å². The molecular weight excluding hydrogens is 162 g/mol. The summed E-state index contributed by atoms with van der Waals surface area (Å²) in [6.07, 6.45) is 0. The van der Waals surface area contributed by atoms with Crippen molar-refractivity contribution in [1.29, 1.82) is 0 Å². The van der Waals surface area contributed by atoms with Gasteiger partial charge < -0.3 is 15.0 Å². The summed E-state index contributed by atoms with van der Waals surface area (Å²) in [4.78, 5) is 6.74. The van der Waals surface area contributed by atoms with E-state index in [9.17, 15) is 0 Å². The van der Waals surface area contributed by atoms with Crippen molar-refractivity contribution in [2.75, 3.05) is 19.5 Å². The van der Waals surface area contributed by atoms with Crippen LogP contribution in [0.3, 0.4) is 0 Å². The molecule has 0 amide bonds. The minimum absolute atomic E-state index is 0.411. The molecule has 2 N–H and O–H groups in total. The van der Waals surface area contributed by atoms with Crippen LogP contribution in [0.2, 0.25) is 0 Å². The number of hydrogen-bond donors (Lipinski definition) is 2. The highest BCUT2D eigenvalue weighted by Crippen LogP contribution is 2.09. The number of anilines is 1. The first kappa shape index (κ1) is 8.00. The zero-order valence-electron chi connectivity index (χ0n) is 6.34. The second-order valence-electron chi connectivity index (χ2n) is 1.89. The molecule has 1 heterocycles. The van der Waals surface area contributed by atoms with Gasteiger partial charge in [0, 0.05) is 13.1 Å². The summed E-state index contributed by atoms with van der Waals surface area (Å²) in [5.74, 6) is 1.31. The molecule has 0 fully saturated rings. The largest absolute Gasteiger partial charge is 0.481 e. The predicted molar refractivity (Wildman–Crippen MR) is 45.5 cm³/mol. The Morgan fingerprint density at radius 2 is 2.45 bits per heavy atom. The summed E-state index contributed by atoms with van der Waals surface area (Å²) >= 11 is 4.83. The molecule has 0 atom stereocenters. The molecule has 0 aromatic carbocycles. The maximum Gasteiger partial charge on any atom is 0.219 e. The minimum atomic E-state index is 0.411. The summed E-state index contributed by atoms with van der Waals surface area (Å²) in [6.45, 7) is 0. The molecular formula is C6H9N3OS. The average molecular weight is 171 g/mol. The van der Waals surface area contributed by atoms with E-state index < -0.39 is 0 Å². The summed E-state index contributed by atoms with van der Waals surface area (Å²) < 4.78 is 5.31. The number of aromatic nitrogens is 2. The van der Waals surface area contributed by atoms with Crippen molar-refractivity contribution in [1.82, 2.24) is 9.97 Å². The number of ether oxygens (including phenoxy) is 1. The third-order valence-electron chi connectivity index (χ3n) is 1.20. The SMILES string of the molecule is CNc1cc(OC)nc(=S)[nH]1. The molecule has 0 saturated carbocycles. The van der Waals surface area contributed by atoms with E-state index in [4.69, 9.17) is 17.0 Å². The van der Waals surface area contributed by atoms with Gasteiger partial charge in [0.15, 0.2) is 0 Å². The number of aromatic amines is 1. The van der Waals surface area contributed by atoms with Crippen LogP contribution in [0.25, 0.3) is 0 Å². The Labute approximate surface area is 69.6 Å². The van der Waals surface area contributed by atoms with Gasteiger partial charge in [0.25, 0.3) is 0 Å². The van der Waals surface area contributed by atoms with Crippen LogP contribution in [0.5, 0.6) is 5.88 Å². The lowest BCUT2D eigenvalue weighted by Crippen LogP contribution is -1.96. The molecule has 0 aliphatic carbocycles. The van der Waals surface area contributed by atoms with Crippen molar-refractivity contribution in [2.45, 2.75) is 0 Å². The van der Waals surface area contributed by atoms with Gasteiger partial charge in [-0.3, -0.25) is 0 Å². The van der Waals surface area contributed by atoms with E-state index in [1.165, 1.54) is 0 Å². The van der Waals surface area contributed by atoms with Crippen molar-refractivity contribution in [3.63, 3.8) is 0 Å². The van der Waals surface area contributed by atoms with E-state index in [-0.39, 0.29) is 0 Å². The predicted octanol–water partition coefficient (Wildman–Crippen LogP) is 1.19. The second kappa shape index (κ2) is 3.34. The number of H-pyrrole nitrogens is 1. The van der Waals surface area contributed by atoms with Gasteiger partial charge in [0.1, 0.15) is 5.82 Å².